The van der Waals surface area contributed by atoms with Crippen molar-refractivity contribution in [3.05, 3.63) is 0 Å². The average Bonchev–Trinajstić information content (AvgIpc) is 2.39. The van der Waals surface area contributed by atoms with Crippen molar-refractivity contribution in [2.75, 3.05) is 20.1 Å². The largest absolute Gasteiger partial charge is 0.358 e. The van der Waals surface area contributed by atoms with Crippen molar-refractivity contribution >= 4 is 5.91 Å². The van der Waals surface area contributed by atoms with Gasteiger partial charge in [-0.05, 0) is 38.8 Å². The lowest BCUT2D eigenvalue weighted by Crippen LogP contribution is -2.53. The van der Waals surface area contributed by atoms with Crippen LogP contribution in [0, 0.1) is 5.92 Å². The van der Waals surface area contributed by atoms with Gasteiger partial charge in [-0.1, -0.05) is 19.8 Å². The van der Waals surface area contributed by atoms with Crippen LogP contribution in [0.3, 0.4) is 0 Å². The topological polar surface area (TPSA) is 58.4 Å². The molecule has 17 heavy (non-hydrogen) atoms. The molecule has 1 aliphatic rings. The second-order valence-corrected chi connectivity index (χ2v) is 4.97. The summed E-state index contributed by atoms with van der Waals surface area (Å²) < 4.78 is 0. The molecule has 0 aliphatic heterocycles. The molecule has 1 rings (SSSR count). The molecule has 3 atom stereocenters. The number of likely N-dealkylation sites (N-methyl/N-ethyl adjacent to an activating group) is 2. The van der Waals surface area contributed by atoms with E-state index in [4.69, 9.17) is 5.73 Å². The van der Waals surface area contributed by atoms with Crippen molar-refractivity contribution in [3.63, 3.8) is 0 Å². The molecule has 0 aromatic rings. The molecule has 0 aromatic heterocycles. The first-order chi connectivity index (χ1) is 8.15. The van der Waals surface area contributed by atoms with Gasteiger partial charge in [-0.25, -0.2) is 0 Å². The summed E-state index contributed by atoms with van der Waals surface area (Å²) in [6, 6.07) is 0.424. The third-order valence-electron chi connectivity index (χ3n) is 4.09. The first-order valence-corrected chi connectivity index (χ1v) is 6.83. The van der Waals surface area contributed by atoms with Gasteiger partial charge in [0.2, 0.25) is 5.91 Å². The summed E-state index contributed by atoms with van der Waals surface area (Å²) in [6.45, 7) is 5.77. The van der Waals surface area contributed by atoms with Gasteiger partial charge in [0.1, 0.15) is 0 Å². The van der Waals surface area contributed by atoms with Crippen LogP contribution in [0.15, 0.2) is 0 Å². The Labute approximate surface area is 105 Å². The van der Waals surface area contributed by atoms with E-state index in [0.29, 0.717) is 12.0 Å². The second kappa shape index (κ2) is 6.97. The summed E-state index contributed by atoms with van der Waals surface area (Å²) in [4.78, 5) is 14.1. The molecule has 3 unspecified atom stereocenters. The SMILES string of the molecule is CCN(C(C)C(=O)NC)C1CCCCC1CN. The fraction of sp³-hybridized carbons (Fsp3) is 0.923. The van der Waals surface area contributed by atoms with E-state index in [2.05, 4.69) is 17.1 Å². The van der Waals surface area contributed by atoms with Gasteiger partial charge in [0.25, 0.3) is 0 Å². The van der Waals surface area contributed by atoms with E-state index < -0.39 is 0 Å². The molecule has 0 radical (unpaired) electrons. The van der Waals surface area contributed by atoms with Crippen LogP contribution in [0.2, 0.25) is 0 Å². The third kappa shape index (κ3) is 3.42. The third-order valence-corrected chi connectivity index (χ3v) is 4.09. The van der Waals surface area contributed by atoms with E-state index in [-0.39, 0.29) is 11.9 Å². The molecule has 4 nitrogen and oxygen atoms in total. The predicted octanol–water partition coefficient (Wildman–Crippen LogP) is 0.960. The zero-order valence-electron chi connectivity index (χ0n) is 11.4. The van der Waals surface area contributed by atoms with Crippen LogP contribution in [-0.4, -0.2) is 43.0 Å². The van der Waals surface area contributed by atoms with Crippen LogP contribution in [0.25, 0.3) is 0 Å². The highest BCUT2D eigenvalue weighted by Gasteiger charge is 2.32. The lowest BCUT2D eigenvalue weighted by molar-refractivity contribution is -0.127. The van der Waals surface area contributed by atoms with Gasteiger partial charge in [-0.15, -0.1) is 0 Å². The first-order valence-electron chi connectivity index (χ1n) is 6.83. The number of carbonyl (C=O) groups is 1. The van der Waals surface area contributed by atoms with Crippen molar-refractivity contribution in [1.29, 1.82) is 0 Å². The summed E-state index contributed by atoms with van der Waals surface area (Å²) in [5, 5.41) is 2.74. The summed E-state index contributed by atoms with van der Waals surface area (Å²) in [6.07, 6.45) is 4.93. The minimum Gasteiger partial charge on any atom is -0.358 e. The highest BCUT2D eigenvalue weighted by atomic mass is 16.2. The number of rotatable bonds is 5. The van der Waals surface area contributed by atoms with Gasteiger partial charge in [0, 0.05) is 13.1 Å². The van der Waals surface area contributed by atoms with Crippen molar-refractivity contribution in [2.45, 2.75) is 51.6 Å². The average molecular weight is 241 g/mol. The van der Waals surface area contributed by atoms with Crippen molar-refractivity contribution in [1.82, 2.24) is 10.2 Å². The monoisotopic (exact) mass is 241 g/mol. The van der Waals surface area contributed by atoms with Crippen LogP contribution < -0.4 is 11.1 Å². The van der Waals surface area contributed by atoms with E-state index in [1.807, 2.05) is 6.92 Å². The summed E-state index contributed by atoms with van der Waals surface area (Å²) in [5.74, 6) is 0.656. The Balaban J connectivity index is 2.73. The van der Waals surface area contributed by atoms with Gasteiger partial charge in [-0.2, -0.15) is 0 Å². The highest BCUT2D eigenvalue weighted by molar-refractivity contribution is 5.81. The van der Waals surface area contributed by atoms with Crippen LogP contribution in [0.1, 0.15) is 39.5 Å². The fourth-order valence-electron chi connectivity index (χ4n) is 3.05. The van der Waals surface area contributed by atoms with E-state index in [1.165, 1.54) is 25.7 Å². The van der Waals surface area contributed by atoms with Gasteiger partial charge in [-0.3, -0.25) is 9.69 Å². The van der Waals surface area contributed by atoms with Crippen molar-refractivity contribution < 1.29 is 4.79 Å². The van der Waals surface area contributed by atoms with Crippen LogP contribution in [0.4, 0.5) is 0 Å². The number of hydrogen-bond acceptors (Lipinski definition) is 3. The maximum Gasteiger partial charge on any atom is 0.236 e. The van der Waals surface area contributed by atoms with Crippen LogP contribution >= 0.6 is 0 Å². The first kappa shape index (κ1) is 14.5. The van der Waals surface area contributed by atoms with Crippen molar-refractivity contribution in [2.24, 2.45) is 11.7 Å². The van der Waals surface area contributed by atoms with Gasteiger partial charge >= 0.3 is 0 Å². The van der Waals surface area contributed by atoms with E-state index in [1.54, 1.807) is 7.05 Å². The molecular formula is C13H27N3O. The lowest BCUT2D eigenvalue weighted by atomic mass is 9.83. The molecule has 0 aromatic carbocycles. The number of carbonyl (C=O) groups excluding carboxylic acids is 1. The quantitative estimate of drug-likeness (QED) is 0.754. The molecule has 4 heteroatoms. The predicted molar refractivity (Wildman–Crippen MR) is 70.7 cm³/mol. The van der Waals surface area contributed by atoms with Crippen molar-refractivity contribution in [3.8, 4) is 0 Å². The minimum atomic E-state index is -0.0536. The zero-order valence-corrected chi connectivity index (χ0v) is 11.4. The molecule has 0 spiro atoms. The number of amides is 1. The standard InChI is InChI=1S/C13H27N3O/c1-4-16(10(2)13(17)15-3)12-8-6-5-7-11(12)9-14/h10-12H,4-9,14H2,1-3H3,(H,15,17). The Bertz CT molecular complexity index is 245. The molecule has 0 saturated heterocycles. The fourth-order valence-corrected chi connectivity index (χ4v) is 3.05. The molecule has 3 N–H and O–H groups in total. The van der Waals surface area contributed by atoms with Crippen LogP contribution in [0.5, 0.6) is 0 Å². The molecule has 1 aliphatic carbocycles. The maximum atomic E-state index is 11.8. The number of nitrogens with one attached hydrogen (secondary N) is 1. The Morgan fingerprint density at radius 3 is 2.65 bits per heavy atom. The minimum absolute atomic E-state index is 0.0536. The Kier molecular flexibility index (Phi) is 5.92. The molecule has 0 bridgehead atoms. The Hall–Kier alpha value is -0.610. The Morgan fingerprint density at radius 1 is 1.47 bits per heavy atom. The summed E-state index contributed by atoms with van der Waals surface area (Å²) in [5.41, 5.74) is 5.87. The molecule has 100 valence electrons. The summed E-state index contributed by atoms with van der Waals surface area (Å²) >= 11 is 0. The number of hydrogen-bond donors (Lipinski definition) is 2. The molecular weight excluding hydrogens is 214 g/mol. The highest BCUT2D eigenvalue weighted by Crippen LogP contribution is 2.28. The van der Waals surface area contributed by atoms with Crippen LogP contribution in [-0.2, 0) is 4.79 Å². The normalized spacial score (nSPS) is 26.9. The molecule has 0 heterocycles. The van der Waals surface area contributed by atoms with E-state index in [9.17, 15) is 4.79 Å². The number of nitrogens with two attached hydrogens (primary N) is 1. The summed E-state index contributed by atoms with van der Waals surface area (Å²) in [7, 11) is 1.70. The maximum absolute atomic E-state index is 11.8. The second-order valence-electron chi connectivity index (χ2n) is 4.97. The Morgan fingerprint density at radius 2 is 2.12 bits per heavy atom. The van der Waals surface area contributed by atoms with Gasteiger partial charge < -0.3 is 11.1 Å². The van der Waals surface area contributed by atoms with Gasteiger partial charge in [0.05, 0.1) is 6.04 Å². The molecule has 1 fully saturated rings. The van der Waals surface area contributed by atoms with E-state index in [0.717, 1.165) is 13.1 Å². The van der Waals surface area contributed by atoms with E-state index >= 15 is 0 Å². The smallest absolute Gasteiger partial charge is 0.236 e. The number of nitrogens with zero attached hydrogens (tertiary/aromatic N) is 1. The van der Waals surface area contributed by atoms with Gasteiger partial charge in [0.15, 0.2) is 0 Å². The zero-order chi connectivity index (χ0) is 12.8. The molecule has 1 saturated carbocycles. The lowest BCUT2D eigenvalue weighted by Gasteiger charge is -2.41. The molecule has 1 amide bonds.